The number of hydrogen-bond acceptors (Lipinski definition) is 5. The van der Waals surface area contributed by atoms with E-state index in [9.17, 15) is 9.59 Å². The molecule has 3 atom stereocenters. The topological polar surface area (TPSA) is 73.3 Å². The van der Waals surface area contributed by atoms with E-state index in [0.717, 1.165) is 12.8 Å². The molecule has 104 valence electrons. The summed E-state index contributed by atoms with van der Waals surface area (Å²) in [6.07, 6.45) is 7.07. The third-order valence-corrected chi connectivity index (χ3v) is 3.74. The fraction of sp³-hybridized carbons (Fsp3) is 0.643. The van der Waals surface area contributed by atoms with Crippen molar-refractivity contribution in [3.63, 3.8) is 0 Å². The van der Waals surface area contributed by atoms with Crippen LogP contribution < -0.4 is 5.82 Å². The van der Waals surface area contributed by atoms with Crippen molar-refractivity contribution >= 4 is 5.78 Å². The van der Waals surface area contributed by atoms with Gasteiger partial charge in [-0.25, -0.2) is 4.79 Å². The quantitative estimate of drug-likeness (QED) is 0.764. The lowest BCUT2D eigenvalue weighted by atomic mass is 9.82. The highest BCUT2D eigenvalue weighted by atomic mass is 16.6. The number of carbonyl (C=O) groups is 1. The summed E-state index contributed by atoms with van der Waals surface area (Å²) in [6, 6.07) is 0. The molecule has 1 aromatic rings. The molecule has 0 saturated heterocycles. The van der Waals surface area contributed by atoms with Crippen LogP contribution in [0.4, 0.5) is 0 Å². The third kappa shape index (κ3) is 3.22. The van der Waals surface area contributed by atoms with Gasteiger partial charge >= 0.3 is 5.82 Å². The zero-order valence-electron chi connectivity index (χ0n) is 11.3. The van der Waals surface area contributed by atoms with Crippen LogP contribution in [0.3, 0.4) is 0 Å². The molecule has 5 nitrogen and oxygen atoms in total. The molecule has 1 aliphatic rings. The second-order valence-corrected chi connectivity index (χ2v) is 5.12. The second kappa shape index (κ2) is 5.99. The summed E-state index contributed by atoms with van der Waals surface area (Å²) in [5, 5.41) is 3.58. The van der Waals surface area contributed by atoms with E-state index < -0.39 is 5.82 Å². The van der Waals surface area contributed by atoms with Crippen LogP contribution in [-0.2, 0) is 11.2 Å². The van der Waals surface area contributed by atoms with Gasteiger partial charge in [-0.2, -0.15) is 0 Å². The molecule has 1 fully saturated rings. The van der Waals surface area contributed by atoms with Gasteiger partial charge in [0.15, 0.2) is 0 Å². The molecule has 19 heavy (non-hydrogen) atoms. The number of aromatic nitrogens is 1. The fourth-order valence-electron chi connectivity index (χ4n) is 2.88. The molecule has 1 saturated carbocycles. The van der Waals surface area contributed by atoms with Gasteiger partial charge in [0.2, 0.25) is 5.89 Å². The fourth-order valence-corrected chi connectivity index (χ4v) is 2.88. The SMILES string of the molecule is CC/C=C\[C@H](C)C1C(=O)CCC1Cc1noc(=O)o1. The van der Waals surface area contributed by atoms with Crippen molar-refractivity contribution in [2.24, 2.45) is 17.8 Å². The number of nitrogens with zero attached hydrogens (tertiary/aromatic N) is 1. The molecular weight excluding hydrogens is 246 g/mol. The third-order valence-electron chi connectivity index (χ3n) is 3.74. The van der Waals surface area contributed by atoms with Crippen LogP contribution in [0.1, 0.15) is 39.0 Å². The maximum Gasteiger partial charge on any atom is 0.542 e. The molecule has 0 spiro atoms. The van der Waals surface area contributed by atoms with E-state index >= 15 is 0 Å². The van der Waals surface area contributed by atoms with Crippen molar-refractivity contribution in [1.82, 2.24) is 5.16 Å². The van der Waals surface area contributed by atoms with E-state index in [-0.39, 0.29) is 17.8 Å². The minimum Gasteiger partial charge on any atom is -0.375 e. The summed E-state index contributed by atoms with van der Waals surface area (Å²) in [5.74, 6) is 0.181. The molecule has 0 radical (unpaired) electrons. The molecule has 1 aliphatic carbocycles. The second-order valence-electron chi connectivity index (χ2n) is 5.12. The van der Waals surface area contributed by atoms with Crippen molar-refractivity contribution in [1.29, 1.82) is 0 Å². The highest BCUT2D eigenvalue weighted by molar-refractivity contribution is 5.83. The molecule has 0 aliphatic heterocycles. The summed E-state index contributed by atoms with van der Waals surface area (Å²) in [6.45, 7) is 4.13. The van der Waals surface area contributed by atoms with Crippen LogP contribution in [0, 0.1) is 17.8 Å². The molecule has 2 rings (SSSR count). The predicted octanol–water partition coefficient (Wildman–Crippen LogP) is 2.37. The van der Waals surface area contributed by atoms with Gasteiger partial charge in [0, 0.05) is 18.8 Å². The van der Waals surface area contributed by atoms with Gasteiger partial charge < -0.3 is 4.42 Å². The van der Waals surface area contributed by atoms with E-state index in [1.54, 1.807) is 0 Å². The van der Waals surface area contributed by atoms with Gasteiger partial charge in [0.05, 0.1) is 0 Å². The Bertz CT molecular complexity index is 514. The Morgan fingerprint density at radius 3 is 2.89 bits per heavy atom. The summed E-state index contributed by atoms with van der Waals surface area (Å²) < 4.78 is 9.22. The summed E-state index contributed by atoms with van der Waals surface area (Å²) in [4.78, 5) is 22.8. The highest BCUT2D eigenvalue weighted by Gasteiger charge is 2.38. The Kier molecular flexibility index (Phi) is 4.35. The van der Waals surface area contributed by atoms with Crippen LogP contribution in [0.5, 0.6) is 0 Å². The Morgan fingerprint density at radius 2 is 2.26 bits per heavy atom. The molecule has 1 heterocycles. The first kappa shape index (κ1) is 13.8. The van der Waals surface area contributed by atoms with Gasteiger partial charge in [0.1, 0.15) is 5.78 Å². The van der Waals surface area contributed by atoms with Gasteiger partial charge in [-0.1, -0.05) is 26.0 Å². The van der Waals surface area contributed by atoms with Gasteiger partial charge in [-0.3, -0.25) is 9.32 Å². The maximum atomic E-state index is 12.0. The van der Waals surface area contributed by atoms with Crippen molar-refractivity contribution < 1.29 is 13.7 Å². The zero-order valence-corrected chi connectivity index (χ0v) is 11.3. The first-order valence-electron chi connectivity index (χ1n) is 6.77. The zero-order chi connectivity index (χ0) is 13.8. The van der Waals surface area contributed by atoms with Crippen molar-refractivity contribution in [2.45, 2.75) is 39.5 Å². The molecule has 5 heteroatoms. The molecule has 2 unspecified atom stereocenters. The number of Topliss-reactive ketones (excluding diaryl/α,β-unsaturated/α-hetero) is 1. The van der Waals surface area contributed by atoms with E-state index in [4.69, 9.17) is 4.42 Å². The van der Waals surface area contributed by atoms with Crippen LogP contribution in [0.2, 0.25) is 0 Å². The smallest absolute Gasteiger partial charge is 0.375 e. The Morgan fingerprint density at radius 1 is 1.47 bits per heavy atom. The van der Waals surface area contributed by atoms with Crippen molar-refractivity contribution in [3.05, 3.63) is 28.7 Å². The normalized spacial score (nSPS) is 25.3. The average molecular weight is 265 g/mol. The molecule has 0 amide bonds. The monoisotopic (exact) mass is 265 g/mol. The molecular formula is C14H19NO4. The van der Waals surface area contributed by atoms with Crippen molar-refractivity contribution in [3.8, 4) is 0 Å². The van der Waals surface area contributed by atoms with Crippen LogP contribution in [0.25, 0.3) is 0 Å². The molecule has 0 aromatic carbocycles. The number of carbonyl (C=O) groups excluding carboxylic acids is 1. The van der Waals surface area contributed by atoms with Crippen LogP contribution in [0.15, 0.2) is 25.9 Å². The minimum absolute atomic E-state index is 0.00944. The predicted molar refractivity (Wildman–Crippen MR) is 68.6 cm³/mol. The Hall–Kier alpha value is -1.65. The van der Waals surface area contributed by atoms with Gasteiger partial charge in [-0.05, 0) is 29.8 Å². The highest BCUT2D eigenvalue weighted by Crippen LogP contribution is 2.36. The Balaban J connectivity index is 2.08. The Labute approximate surface area is 111 Å². The van der Waals surface area contributed by atoms with E-state index in [2.05, 4.69) is 35.7 Å². The summed E-state index contributed by atoms with van der Waals surface area (Å²) >= 11 is 0. The van der Waals surface area contributed by atoms with E-state index in [1.807, 2.05) is 0 Å². The lowest BCUT2D eigenvalue weighted by Gasteiger charge is -2.21. The minimum atomic E-state index is -0.783. The van der Waals surface area contributed by atoms with Gasteiger partial charge in [-0.15, -0.1) is 0 Å². The molecule has 0 N–H and O–H groups in total. The van der Waals surface area contributed by atoms with Crippen LogP contribution in [-0.4, -0.2) is 10.9 Å². The van der Waals surface area contributed by atoms with Crippen molar-refractivity contribution in [2.75, 3.05) is 0 Å². The van der Waals surface area contributed by atoms with E-state index in [1.165, 1.54) is 0 Å². The average Bonchev–Trinajstić information content (AvgIpc) is 2.94. The largest absolute Gasteiger partial charge is 0.542 e. The van der Waals surface area contributed by atoms with Gasteiger partial charge in [0.25, 0.3) is 0 Å². The standard InChI is InChI=1S/C14H19NO4/c1-3-4-5-9(2)13-10(6-7-11(13)16)8-12-15-19-14(17)18-12/h4-5,9-10,13H,3,6-8H2,1-2H3/b5-4-/t9-,10?,13?/m0/s1. The van der Waals surface area contributed by atoms with Crippen LogP contribution >= 0.6 is 0 Å². The lowest BCUT2D eigenvalue weighted by Crippen LogP contribution is -2.23. The summed E-state index contributed by atoms with van der Waals surface area (Å²) in [5.41, 5.74) is 0. The maximum absolute atomic E-state index is 12.0. The molecule has 1 aromatic heterocycles. The summed E-state index contributed by atoms with van der Waals surface area (Å²) in [7, 11) is 0. The van der Waals surface area contributed by atoms with E-state index in [0.29, 0.717) is 24.5 Å². The number of hydrogen-bond donors (Lipinski definition) is 0. The first-order chi connectivity index (χ1) is 9.11. The lowest BCUT2D eigenvalue weighted by molar-refractivity contribution is -0.122. The molecule has 0 bridgehead atoms. The first-order valence-corrected chi connectivity index (χ1v) is 6.77. The number of ketones is 1. The number of allylic oxidation sites excluding steroid dienone is 2. The number of rotatable bonds is 5.